The van der Waals surface area contributed by atoms with Crippen LogP contribution in [0.3, 0.4) is 0 Å². The maximum Gasteiger partial charge on any atom is 0.407 e. The molecule has 1 saturated carbocycles. The van der Waals surface area contributed by atoms with Crippen molar-refractivity contribution in [2.75, 3.05) is 12.3 Å². The van der Waals surface area contributed by atoms with Crippen LogP contribution in [0.4, 0.5) is 4.79 Å². The molecule has 2 N–H and O–H groups in total. The number of nitrogens with one attached hydrogen (secondary N) is 1. The summed E-state index contributed by atoms with van der Waals surface area (Å²) in [6.45, 7) is 18.6. The zero-order chi connectivity index (χ0) is 40.1. The van der Waals surface area contributed by atoms with Gasteiger partial charge in [-0.1, -0.05) is 70.5 Å². The van der Waals surface area contributed by atoms with E-state index in [1.54, 1.807) is 30.5 Å². The highest BCUT2D eigenvalue weighted by atomic mass is 32.2. The first-order valence-electron chi connectivity index (χ1n) is 18.5. The number of benzene rings is 2. The Morgan fingerprint density at radius 1 is 1.02 bits per heavy atom. The van der Waals surface area contributed by atoms with Crippen molar-refractivity contribution in [1.29, 1.82) is 5.26 Å². The molecule has 292 valence electrons. The van der Waals surface area contributed by atoms with E-state index in [-0.39, 0.29) is 34.9 Å². The Bertz CT molecular complexity index is 1930. The molecule has 13 heteroatoms. The zero-order valence-corrected chi connectivity index (χ0v) is 34.9. The van der Waals surface area contributed by atoms with Gasteiger partial charge in [-0.05, 0) is 105 Å². The quantitative estimate of drug-likeness (QED) is 0.162. The maximum atomic E-state index is 13.2. The number of hydrogen-bond donors (Lipinski definition) is 2. The van der Waals surface area contributed by atoms with Gasteiger partial charge in [0.2, 0.25) is 10.0 Å². The summed E-state index contributed by atoms with van der Waals surface area (Å²) < 4.78 is 40.5. The lowest BCUT2D eigenvalue weighted by atomic mass is 9.77. The van der Waals surface area contributed by atoms with Crippen LogP contribution in [0.25, 0.3) is 11.1 Å². The summed E-state index contributed by atoms with van der Waals surface area (Å²) in [6.07, 6.45) is 7.08. The molecular formula is C41H56N4O7SSi. The first-order valence-corrected chi connectivity index (χ1v) is 23.1. The molecule has 0 saturated heterocycles. The minimum Gasteiger partial charge on any atom is -0.490 e. The summed E-state index contributed by atoms with van der Waals surface area (Å²) in [5.74, 6) is -1.77. The van der Waals surface area contributed by atoms with Gasteiger partial charge in [-0.3, -0.25) is 9.78 Å². The molecule has 1 heterocycles. The molecule has 4 rings (SSSR count). The Kier molecular flexibility index (Phi) is 13.1. The lowest BCUT2D eigenvalue weighted by Crippen LogP contribution is -2.58. The van der Waals surface area contributed by atoms with Gasteiger partial charge >= 0.3 is 6.09 Å². The van der Waals surface area contributed by atoms with E-state index in [4.69, 9.17) is 14.4 Å². The van der Waals surface area contributed by atoms with Crippen LogP contribution in [0, 0.1) is 11.3 Å². The van der Waals surface area contributed by atoms with Crippen molar-refractivity contribution in [2.45, 2.75) is 122 Å². The summed E-state index contributed by atoms with van der Waals surface area (Å²) >= 11 is 0. The van der Waals surface area contributed by atoms with Crippen LogP contribution in [0.15, 0.2) is 67.0 Å². The Morgan fingerprint density at radius 3 is 2.19 bits per heavy atom. The van der Waals surface area contributed by atoms with E-state index < -0.39 is 47.2 Å². The highest BCUT2D eigenvalue weighted by Crippen LogP contribution is 2.49. The van der Waals surface area contributed by atoms with Crippen LogP contribution in [-0.2, 0) is 20.1 Å². The first-order chi connectivity index (χ1) is 25.1. The van der Waals surface area contributed by atoms with Crippen LogP contribution >= 0.6 is 0 Å². The minimum absolute atomic E-state index is 0.0606. The average Bonchev–Trinajstić information content (AvgIpc) is 3.09. The molecule has 11 nitrogen and oxygen atoms in total. The molecule has 0 aliphatic heterocycles. The second kappa shape index (κ2) is 16.6. The maximum absolute atomic E-state index is 13.2. The third-order valence-corrected chi connectivity index (χ3v) is 16.3. The molecule has 0 spiro atoms. The Balaban J connectivity index is 1.88. The Hall–Kier alpha value is -4.25. The van der Waals surface area contributed by atoms with Gasteiger partial charge in [0.05, 0.1) is 24.3 Å². The molecule has 1 unspecified atom stereocenters. The number of carbonyl (C=O) groups excluding carboxylic acids is 1. The molecule has 1 fully saturated rings. The zero-order valence-electron chi connectivity index (χ0n) is 33.1. The van der Waals surface area contributed by atoms with Gasteiger partial charge < -0.3 is 19.2 Å². The second-order valence-corrected chi connectivity index (χ2v) is 23.3. The summed E-state index contributed by atoms with van der Waals surface area (Å²) in [7, 11) is -6.73. The fourth-order valence-electron chi connectivity index (χ4n) is 6.61. The predicted molar refractivity (Wildman–Crippen MR) is 213 cm³/mol. The van der Waals surface area contributed by atoms with Gasteiger partial charge in [0.1, 0.15) is 11.4 Å². The monoisotopic (exact) mass is 776 g/mol. The van der Waals surface area contributed by atoms with E-state index in [9.17, 15) is 23.1 Å². The van der Waals surface area contributed by atoms with E-state index in [0.717, 1.165) is 54.4 Å². The van der Waals surface area contributed by atoms with Gasteiger partial charge in [-0.15, -0.1) is 0 Å². The van der Waals surface area contributed by atoms with Crippen molar-refractivity contribution in [2.24, 2.45) is 0 Å². The summed E-state index contributed by atoms with van der Waals surface area (Å²) in [4.78, 5) is 32.1. The smallest absolute Gasteiger partial charge is 0.407 e. The van der Waals surface area contributed by atoms with E-state index in [1.165, 1.54) is 4.90 Å². The van der Waals surface area contributed by atoms with E-state index in [0.29, 0.717) is 0 Å². The SMILES string of the molecule is CC(c1cccnc1)[C@@](CN(C(=O)O)C(C)(C)C)(O[Si](C)(C)C(C)(C)C)c1ccc(-c2ccc(C(=O)NS(=O)(=O)CC#N)c(OC3CCCCC3)c2)cc1. The molecule has 54 heavy (non-hydrogen) atoms. The lowest BCUT2D eigenvalue weighted by Gasteiger charge is -2.51. The van der Waals surface area contributed by atoms with E-state index >= 15 is 0 Å². The fourth-order valence-corrected chi connectivity index (χ4v) is 8.82. The number of rotatable bonds is 13. The molecule has 2 atom stereocenters. The Labute approximate surface area is 322 Å². The number of amides is 2. The number of aromatic nitrogens is 1. The summed E-state index contributed by atoms with van der Waals surface area (Å²) in [5.41, 5.74) is 1.46. The van der Waals surface area contributed by atoms with Crippen LogP contribution < -0.4 is 9.46 Å². The van der Waals surface area contributed by atoms with E-state index in [1.807, 2.05) is 68.1 Å². The van der Waals surface area contributed by atoms with Crippen LogP contribution in [-0.4, -0.2) is 67.7 Å². The minimum atomic E-state index is -4.15. The number of carbonyl (C=O) groups is 2. The molecule has 2 aromatic carbocycles. The van der Waals surface area contributed by atoms with Gasteiger partial charge in [0, 0.05) is 23.9 Å². The third-order valence-electron chi connectivity index (χ3n) is 10.8. The normalized spacial score (nSPS) is 16.1. The molecule has 1 aromatic heterocycles. The average molecular weight is 777 g/mol. The van der Waals surface area contributed by atoms with Gasteiger partial charge in [-0.25, -0.2) is 17.9 Å². The molecule has 0 radical (unpaired) electrons. The number of nitriles is 1. The number of nitrogens with zero attached hydrogens (tertiary/aromatic N) is 3. The van der Waals surface area contributed by atoms with E-state index in [2.05, 4.69) is 45.8 Å². The number of ether oxygens (including phenoxy) is 1. The van der Waals surface area contributed by atoms with Crippen molar-refractivity contribution in [3.05, 3.63) is 83.7 Å². The molecule has 2 amide bonds. The molecule has 1 aliphatic carbocycles. The van der Waals surface area contributed by atoms with Gasteiger partial charge in [0.15, 0.2) is 14.1 Å². The van der Waals surface area contributed by atoms with Crippen LogP contribution in [0.1, 0.15) is 108 Å². The highest BCUT2D eigenvalue weighted by Gasteiger charge is 2.51. The number of carboxylic acid groups (broad SMARTS) is 1. The molecule has 0 bridgehead atoms. The molecule has 3 aromatic rings. The number of sulfonamides is 1. The van der Waals surface area contributed by atoms with Crippen LogP contribution in [0.2, 0.25) is 18.1 Å². The van der Waals surface area contributed by atoms with Crippen LogP contribution in [0.5, 0.6) is 5.75 Å². The first kappa shape index (κ1) is 42.5. The number of hydrogen-bond acceptors (Lipinski definition) is 8. The number of pyridine rings is 1. The summed E-state index contributed by atoms with van der Waals surface area (Å²) in [5, 5.41) is 19.3. The Morgan fingerprint density at radius 2 is 1.65 bits per heavy atom. The largest absolute Gasteiger partial charge is 0.490 e. The third kappa shape index (κ3) is 10.1. The predicted octanol–water partition coefficient (Wildman–Crippen LogP) is 8.84. The fraction of sp³-hybridized carbons (Fsp3) is 0.512. The van der Waals surface area contributed by atoms with Crippen molar-refractivity contribution in [3.63, 3.8) is 0 Å². The van der Waals surface area contributed by atoms with Crippen molar-refractivity contribution < 1.29 is 32.3 Å². The molecule has 1 aliphatic rings. The van der Waals surface area contributed by atoms with Crippen molar-refractivity contribution >= 4 is 30.3 Å². The van der Waals surface area contributed by atoms with Crippen molar-refractivity contribution in [1.82, 2.24) is 14.6 Å². The summed E-state index contributed by atoms with van der Waals surface area (Å²) in [6, 6.07) is 18.3. The topological polar surface area (TPSA) is 159 Å². The highest BCUT2D eigenvalue weighted by molar-refractivity contribution is 7.90. The van der Waals surface area contributed by atoms with Gasteiger partial charge in [-0.2, -0.15) is 5.26 Å². The standard InChI is InChI=1S/C41H56N4O7SSi/c1-29(32-14-13-24-43-27-32)41(52-54(8,9)40(5,6)7,28-45(38(47)48)39(2,3)4)33-20-17-30(18-21-33)31-19-22-35(37(46)44-53(49,50)25-23-42)36(26-31)51-34-15-11-10-12-16-34/h13-14,17-22,24,26-27,29,34H,10-12,15-16,25,28H2,1-9H3,(H,44,46)(H,47,48)/t29?,41-/m1/s1. The lowest BCUT2D eigenvalue weighted by molar-refractivity contribution is -0.0257. The molecular weight excluding hydrogens is 721 g/mol. The second-order valence-electron chi connectivity index (χ2n) is 16.8. The van der Waals surface area contributed by atoms with Crippen molar-refractivity contribution in [3.8, 4) is 22.9 Å². The van der Waals surface area contributed by atoms with Gasteiger partial charge in [0.25, 0.3) is 5.91 Å².